The highest BCUT2D eigenvalue weighted by Crippen LogP contribution is 2.35. The number of nitrogens with two attached hydrogens (primary N) is 1. The van der Waals surface area contributed by atoms with Gasteiger partial charge in [0, 0.05) is 6.04 Å². The number of rotatable bonds is 5. The second-order valence-corrected chi connectivity index (χ2v) is 5.72. The van der Waals surface area contributed by atoms with Crippen molar-refractivity contribution in [3.05, 3.63) is 23.8 Å². The number of anilines is 1. The molecule has 106 valence electrons. The monoisotopic (exact) mass is 262 g/mol. The molecule has 1 aliphatic rings. The van der Waals surface area contributed by atoms with Gasteiger partial charge < -0.3 is 15.4 Å². The standard InChI is InChI=1S/C16H26N2O/c1-12(2)18-11-13(3)19-16-8-7-14(10-15(16)18)6-4-5-9-17/h7-8,10,12-13H,4-6,9,11,17H2,1-3H3. The summed E-state index contributed by atoms with van der Waals surface area (Å²) in [6.45, 7) is 8.36. The Bertz CT molecular complexity index is 417. The van der Waals surface area contributed by atoms with Gasteiger partial charge in [-0.2, -0.15) is 0 Å². The highest BCUT2D eigenvalue weighted by Gasteiger charge is 2.24. The minimum Gasteiger partial charge on any atom is -0.487 e. The normalized spacial score (nSPS) is 18.4. The fourth-order valence-corrected chi connectivity index (χ4v) is 2.63. The van der Waals surface area contributed by atoms with Crippen LogP contribution in [0.15, 0.2) is 18.2 Å². The second-order valence-electron chi connectivity index (χ2n) is 5.72. The molecule has 0 amide bonds. The van der Waals surface area contributed by atoms with Crippen LogP contribution < -0.4 is 15.4 Å². The van der Waals surface area contributed by atoms with E-state index in [2.05, 4.69) is 43.9 Å². The molecule has 1 atom stereocenters. The molecule has 0 aromatic heterocycles. The van der Waals surface area contributed by atoms with E-state index in [9.17, 15) is 0 Å². The molecule has 0 aliphatic carbocycles. The quantitative estimate of drug-likeness (QED) is 0.829. The van der Waals surface area contributed by atoms with Crippen LogP contribution in [-0.4, -0.2) is 25.2 Å². The zero-order valence-corrected chi connectivity index (χ0v) is 12.4. The Hall–Kier alpha value is -1.22. The Kier molecular flexibility index (Phi) is 4.70. The van der Waals surface area contributed by atoms with Gasteiger partial charge in [0.1, 0.15) is 11.9 Å². The SMILES string of the molecule is CC1CN(C(C)C)c2cc(CCCCN)ccc2O1. The summed E-state index contributed by atoms with van der Waals surface area (Å²) in [5, 5.41) is 0. The summed E-state index contributed by atoms with van der Waals surface area (Å²) >= 11 is 0. The smallest absolute Gasteiger partial charge is 0.143 e. The molecule has 3 nitrogen and oxygen atoms in total. The van der Waals surface area contributed by atoms with Gasteiger partial charge in [-0.3, -0.25) is 0 Å². The molecule has 1 aliphatic heterocycles. The van der Waals surface area contributed by atoms with E-state index in [-0.39, 0.29) is 6.10 Å². The van der Waals surface area contributed by atoms with Crippen LogP contribution in [0.1, 0.15) is 39.2 Å². The van der Waals surface area contributed by atoms with E-state index >= 15 is 0 Å². The van der Waals surface area contributed by atoms with E-state index in [0.717, 1.165) is 38.1 Å². The summed E-state index contributed by atoms with van der Waals surface area (Å²) in [6, 6.07) is 7.10. The lowest BCUT2D eigenvalue weighted by Gasteiger charge is -2.38. The van der Waals surface area contributed by atoms with Crippen LogP contribution in [0, 0.1) is 0 Å². The van der Waals surface area contributed by atoms with E-state index in [1.54, 1.807) is 0 Å². The highest BCUT2D eigenvalue weighted by atomic mass is 16.5. The molecule has 19 heavy (non-hydrogen) atoms. The van der Waals surface area contributed by atoms with Gasteiger partial charge in [-0.05, 0) is 64.3 Å². The molecule has 0 saturated carbocycles. The predicted octanol–water partition coefficient (Wildman–Crippen LogP) is 2.96. The lowest BCUT2D eigenvalue weighted by Crippen LogP contribution is -2.42. The number of ether oxygens (including phenoxy) is 1. The molecule has 0 bridgehead atoms. The van der Waals surface area contributed by atoms with Gasteiger partial charge in [0.05, 0.1) is 12.2 Å². The molecule has 2 N–H and O–H groups in total. The number of hydrogen-bond donors (Lipinski definition) is 1. The molecule has 1 unspecified atom stereocenters. The van der Waals surface area contributed by atoms with Crippen molar-refractivity contribution < 1.29 is 4.74 Å². The third kappa shape index (κ3) is 3.41. The first-order valence-corrected chi connectivity index (χ1v) is 7.38. The van der Waals surface area contributed by atoms with E-state index in [4.69, 9.17) is 10.5 Å². The first kappa shape index (κ1) is 14.2. The van der Waals surface area contributed by atoms with Crippen LogP contribution in [0.2, 0.25) is 0 Å². The van der Waals surface area contributed by atoms with Crippen molar-refractivity contribution >= 4 is 5.69 Å². The Balaban J connectivity index is 2.19. The summed E-state index contributed by atoms with van der Waals surface area (Å²) in [5.74, 6) is 1.02. The summed E-state index contributed by atoms with van der Waals surface area (Å²) in [6.07, 6.45) is 3.62. The Morgan fingerprint density at radius 2 is 2.16 bits per heavy atom. The van der Waals surface area contributed by atoms with Gasteiger partial charge in [0.15, 0.2) is 0 Å². The van der Waals surface area contributed by atoms with Crippen molar-refractivity contribution in [1.29, 1.82) is 0 Å². The van der Waals surface area contributed by atoms with Crippen LogP contribution >= 0.6 is 0 Å². The van der Waals surface area contributed by atoms with Crippen molar-refractivity contribution in [1.82, 2.24) is 0 Å². The molecule has 2 rings (SSSR count). The maximum absolute atomic E-state index is 5.93. The lowest BCUT2D eigenvalue weighted by molar-refractivity contribution is 0.209. The number of benzene rings is 1. The third-order valence-corrected chi connectivity index (χ3v) is 3.66. The van der Waals surface area contributed by atoms with E-state index in [1.807, 2.05) is 0 Å². The summed E-state index contributed by atoms with van der Waals surface area (Å²) < 4.78 is 5.93. The summed E-state index contributed by atoms with van der Waals surface area (Å²) in [4.78, 5) is 2.44. The van der Waals surface area contributed by atoms with Gasteiger partial charge in [-0.15, -0.1) is 0 Å². The van der Waals surface area contributed by atoms with Crippen LogP contribution in [0.25, 0.3) is 0 Å². The molecule has 3 heteroatoms. The minimum atomic E-state index is 0.262. The van der Waals surface area contributed by atoms with Crippen LogP contribution in [0.5, 0.6) is 5.75 Å². The van der Waals surface area contributed by atoms with Gasteiger partial charge in [-0.25, -0.2) is 0 Å². The fraction of sp³-hybridized carbons (Fsp3) is 0.625. The van der Waals surface area contributed by atoms with Crippen molar-refractivity contribution in [2.75, 3.05) is 18.0 Å². The van der Waals surface area contributed by atoms with E-state index < -0.39 is 0 Å². The molecule has 0 radical (unpaired) electrons. The first-order chi connectivity index (χ1) is 9.11. The van der Waals surface area contributed by atoms with E-state index in [0.29, 0.717) is 6.04 Å². The van der Waals surface area contributed by atoms with Gasteiger partial charge in [0.2, 0.25) is 0 Å². The largest absolute Gasteiger partial charge is 0.487 e. The van der Waals surface area contributed by atoms with Gasteiger partial charge in [-0.1, -0.05) is 6.07 Å². The van der Waals surface area contributed by atoms with Crippen LogP contribution in [-0.2, 0) is 6.42 Å². The molecular formula is C16H26N2O. The number of aryl methyl sites for hydroxylation is 1. The highest BCUT2D eigenvalue weighted by molar-refractivity contribution is 5.62. The molecule has 0 spiro atoms. The number of nitrogens with zero attached hydrogens (tertiary/aromatic N) is 1. The van der Waals surface area contributed by atoms with Gasteiger partial charge >= 0.3 is 0 Å². The summed E-state index contributed by atoms with van der Waals surface area (Å²) in [5.41, 5.74) is 8.19. The van der Waals surface area contributed by atoms with Crippen LogP contribution in [0.4, 0.5) is 5.69 Å². The zero-order valence-electron chi connectivity index (χ0n) is 12.4. The Morgan fingerprint density at radius 3 is 2.84 bits per heavy atom. The Morgan fingerprint density at radius 1 is 1.37 bits per heavy atom. The second kappa shape index (κ2) is 6.29. The van der Waals surface area contributed by atoms with Crippen molar-refractivity contribution in [3.63, 3.8) is 0 Å². The molecule has 0 saturated heterocycles. The van der Waals surface area contributed by atoms with Crippen LogP contribution in [0.3, 0.4) is 0 Å². The summed E-state index contributed by atoms with van der Waals surface area (Å²) in [7, 11) is 0. The molecular weight excluding hydrogens is 236 g/mol. The number of hydrogen-bond acceptors (Lipinski definition) is 3. The van der Waals surface area contributed by atoms with Crippen molar-refractivity contribution in [3.8, 4) is 5.75 Å². The topological polar surface area (TPSA) is 38.5 Å². The molecule has 1 heterocycles. The maximum Gasteiger partial charge on any atom is 0.143 e. The lowest BCUT2D eigenvalue weighted by atomic mass is 10.0. The van der Waals surface area contributed by atoms with Crippen molar-refractivity contribution in [2.45, 2.75) is 52.2 Å². The molecule has 1 aromatic rings. The van der Waals surface area contributed by atoms with Crippen molar-refractivity contribution in [2.24, 2.45) is 5.73 Å². The Labute approximate surface area is 116 Å². The van der Waals surface area contributed by atoms with E-state index in [1.165, 1.54) is 11.3 Å². The average Bonchev–Trinajstić information content (AvgIpc) is 2.38. The van der Waals surface area contributed by atoms with Gasteiger partial charge in [0.25, 0.3) is 0 Å². The number of unbranched alkanes of at least 4 members (excludes halogenated alkanes) is 1. The zero-order chi connectivity index (χ0) is 13.8. The average molecular weight is 262 g/mol. The molecule has 1 aromatic carbocycles. The minimum absolute atomic E-state index is 0.262. The fourth-order valence-electron chi connectivity index (χ4n) is 2.63. The predicted molar refractivity (Wildman–Crippen MR) is 81.0 cm³/mol. The molecule has 0 fully saturated rings. The third-order valence-electron chi connectivity index (χ3n) is 3.66. The number of fused-ring (bicyclic) bond motifs is 1. The first-order valence-electron chi connectivity index (χ1n) is 7.38. The maximum atomic E-state index is 5.93.